The Morgan fingerprint density at radius 3 is 2.02 bits per heavy atom. The quantitative estimate of drug-likeness (QED) is 0.240. The van der Waals surface area contributed by atoms with Crippen LogP contribution in [0.1, 0.15) is 72.0 Å². The minimum absolute atomic E-state index is 0. The topological polar surface area (TPSA) is 87.2 Å². The van der Waals surface area contributed by atoms with Crippen molar-refractivity contribution in [1.29, 1.82) is 0 Å². The van der Waals surface area contributed by atoms with E-state index in [-0.39, 0.29) is 56.9 Å². The highest BCUT2D eigenvalue weighted by molar-refractivity contribution is 5.95. The van der Waals surface area contributed by atoms with Gasteiger partial charge in [-0.1, -0.05) is 36.8 Å². The average molecular weight is 665 g/mol. The fraction of sp³-hybridized carbons (Fsp3) is 0.516. The van der Waals surface area contributed by atoms with Gasteiger partial charge >= 0.3 is 24.3 Å². The first-order chi connectivity index (χ1) is 20.7. The molecular formula is C31H35ClF6N2O5. The van der Waals surface area contributed by atoms with Crippen molar-refractivity contribution in [2.24, 2.45) is 0 Å². The molecule has 0 radical (unpaired) electrons. The third kappa shape index (κ3) is 10.1. The van der Waals surface area contributed by atoms with Gasteiger partial charge in [-0.2, -0.15) is 26.3 Å². The normalized spacial score (nSPS) is 19.6. The van der Waals surface area contributed by atoms with E-state index in [0.717, 1.165) is 37.7 Å². The molecule has 1 heterocycles. The summed E-state index contributed by atoms with van der Waals surface area (Å²) in [6, 6.07) is 8.40. The number of hydrogen-bond acceptors (Lipinski definition) is 5. The Balaban J connectivity index is 0.00000552. The largest absolute Gasteiger partial charge is 0.480 e. The molecule has 248 valence electrons. The van der Waals surface area contributed by atoms with Crippen molar-refractivity contribution in [1.82, 2.24) is 9.80 Å². The minimum atomic E-state index is -5.11. The van der Waals surface area contributed by atoms with Gasteiger partial charge in [0, 0.05) is 24.2 Å². The number of nitrogens with zero attached hydrogens (tertiary/aromatic N) is 2. The molecular weight excluding hydrogens is 630 g/mol. The number of ether oxygens (including phenoxy) is 1. The number of carbonyl (C=O) groups excluding carboxylic acids is 2. The number of rotatable bonds is 9. The summed E-state index contributed by atoms with van der Waals surface area (Å²) in [5, 5.41) is 9.58. The van der Waals surface area contributed by atoms with E-state index in [1.165, 1.54) is 9.80 Å². The van der Waals surface area contributed by atoms with Crippen molar-refractivity contribution in [3.05, 3.63) is 70.8 Å². The Bertz CT molecular complexity index is 1290. The summed E-state index contributed by atoms with van der Waals surface area (Å²) in [6.07, 6.45) is -5.59. The molecule has 2 atom stereocenters. The predicted molar refractivity (Wildman–Crippen MR) is 154 cm³/mol. The second kappa shape index (κ2) is 15.3. The van der Waals surface area contributed by atoms with Gasteiger partial charge in [-0.05, 0) is 68.7 Å². The standard InChI is InChI=1S/C31H34F6N2O5.ClH/c32-30(33,34)22-14-21(15-23(16-22)31(35,36)37)29(43)39-12-11-24(17-25(39)13-20-7-3-1-4-8-20)38(18-27(40)41)19-28(42)44-26-9-5-2-6-10-26;/h1,3-4,7-8,14-16,24-26H,2,5-6,9-13,17-19H2,(H,40,41);1H. The van der Waals surface area contributed by atoms with Gasteiger partial charge in [0.1, 0.15) is 6.10 Å². The number of carboxylic acid groups (broad SMARTS) is 1. The molecule has 1 saturated carbocycles. The number of amides is 1. The molecule has 2 aromatic carbocycles. The predicted octanol–water partition coefficient (Wildman–Crippen LogP) is 6.62. The van der Waals surface area contributed by atoms with Crippen LogP contribution >= 0.6 is 12.4 Å². The van der Waals surface area contributed by atoms with Crippen molar-refractivity contribution in [3.8, 4) is 0 Å². The molecule has 1 N–H and O–H groups in total. The molecule has 1 amide bonds. The van der Waals surface area contributed by atoms with Crippen LogP contribution in [-0.2, 0) is 33.1 Å². The summed E-state index contributed by atoms with van der Waals surface area (Å²) in [5.74, 6) is -2.75. The Kier molecular flexibility index (Phi) is 12.3. The third-order valence-corrected chi connectivity index (χ3v) is 8.14. The minimum Gasteiger partial charge on any atom is -0.480 e. The lowest BCUT2D eigenvalue weighted by molar-refractivity contribution is -0.154. The highest BCUT2D eigenvalue weighted by atomic mass is 35.5. The van der Waals surface area contributed by atoms with E-state index in [2.05, 4.69) is 0 Å². The summed E-state index contributed by atoms with van der Waals surface area (Å²) < 4.78 is 86.7. The molecule has 14 heteroatoms. The zero-order valence-electron chi connectivity index (χ0n) is 24.3. The van der Waals surface area contributed by atoms with Gasteiger partial charge in [0.05, 0.1) is 24.2 Å². The number of carboxylic acids is 1. The van der Waals surface area contributed by atoms with Gasteiger partial charge in [-0.3, -0.25) is 19.3 Å². The van der Waals surface area contributed by atoms with Crippen LogP contribution in [0.5, 0.6) is 0 Å². The SMILES string of the molecule is Cl.O=C(O)CN(CC(=O)OC1CCCCC1)C1CCN(C(=O)c2cc(C(F)(F)F)cc(C(F)(F)F)c2)C(Cc2ccccc2)C1. The van der Waals surface area contributed by atoms with Crippen LogP contribution in [0.4, 0.5) is 26.3 Å². The van der Waals surface area contributed by atoms with Crippen molar-refractivity contribution >= 4 is 30.3 Å². The lowest BCUT2D eigenvalue weighted by Crippen LogP contribution is -2.54. The number of piperidine rings is 1. The van der Waals surface area contributed by atoms with Crippen LogP contribution in [0.15, 0.2) is 48.5 Å². The lowest BCUT2D eigenvalue weighted by atomic mass is 9.90. The van der Waals surface area contributed by atoms with Crippen LogP contribution in [0.2, 0.25) is 0 Å². The van der Waals surface area contributed by atoms with Crippen LogP contribution in [0, 0.1) is 0 Å². The summed E-state index contributed by atoms with van der Waals surface area (Å²) in [5.41, 5.74) is -3.16. The Morgan fingerprint density at radius 2 is 1.47 bits per heavy atom. The summed E-state index contributed by atoms with van der Waals surface area (Å²) in [7, 11) is 0. The first-order valence-electron chi connectivity index (χ1n) is 14.5. The Labute approximate surface area is 262 Å². The zero-order valence-corrected chi connectivity index (χ0v) is 25.1. The highest BCUT2D eigenvalue weighted by Gasteiger charge is 2.40. The number of halogens is 7. The van der Waals surface area contributed by atoms with E-state index in [9.17, 15) is 45.8 Å². The number of aliphatic carboxylic acids is 1. The van der Waals surface area contributed by atoms with E-state index in [1.54, 1.807) is 30.3 Å². The molecule has 1 saturated heterocycles. The first kappa shape index (κ1) is 36.2. The molecule has 0 spiro atoms. The van der Waals surface area contributed by atoms with Crippen LogP contribution in [0.25, 0.3) is 0 Å². The van der Waals surface area contributed by atoms with Crippen LogP contribution in [-0.4, -0.2) is 70.6 Å². The first-order valence-corrected chi connectivity index (χ1v) is 14.5. The van der Waals surface area contributed by atoms with E-state index in [0.29, 0.717) is 12.1 Å². The third-order valence-electron chi connectivity index (χ3n) is 8.14. The summed E-state index contributed by atoms with van der Waals surface area (Å²) in [4.78, 5) is 40.9. The molecule has 2 unspecified atom stereocenters. The molecule has 45 heavy (non-hydrogen) atoms. The van der Waals surface area contributed by atoms with Crippen LogP contribution in [0.3, 0.4) is 0 Å². The zero-order chi connectivity index (χ0) is 32.1. The summed E-state index contributed by atoms with van der Waals surface area (Å²) >= 11 is 0. The molecule has 2 aromatic rings. The molecule has 2 aliphatic rings. The second-order valence-electron chi connectivity index (χ2n) is 11.4. The van der Waals surface area contributed by atoms with Gasteiger partial charge in [-0.25, -0.2) is 0 Å². The number of esters is 1. The molecule has 1 aliphatic carbocycles. The smallest absolute Gasteiger partial charge is 0.416 e. The molecule has 2 fully saturated rings. The van der Waals surface area contributed by atoms with Crippen molar-refractivity contribution in [2.75, 3.05) is 19.6 Å². The van der Waals surface area contributed by atoms with Gasteiger partial charge < -0.3 is 14.7 Å². The average Bonchev–Trinajstić information content (AvgIpc) is 2.96. The number of alkyl halides is 6. The van der Waals surface area contributed by atoms with Gasteiger partial charge in [0.2, 0.25) is 0 Å². The monoisotopic (exact) mass is 664 g/mol. The maximum absolute atomic E-state index is 13.6. The molecule has 0 aromatic heterocycles. The Morgan fingerprint density at radius 1 is 0.867 bits per heavy atom. The van der Waals surface area contributed by atoms with E-state index < -0.39 is 65.5 Å². The number of hydrogen-bond donors (Lipinski definition) is 1. The lowest BCUT2D eigenvalue weighted by Gasteiger charge is -2.43. The van der Waals surface area contributed by atoms with E-state index in [1.807, 2.05) is 0 Å². The number of likely N-dealkylation sites (tertiary alicyclic amines) is 1. The number of carbonyl (C=O) groups is 3. The molecule has 0 bridgehead atoms. The van der Waals surface area contributed by atoms with Crippen LogP contribution < -0.4 is 0 Å². The molecule has 4 rings (SSSR count). The van der Waals surface area contributed by atoms with Crippen molar-refractivity contribution < 1.29 is 50.6 Å². The van der Waals surface area contributed by atoms with Gasteiger partial charge in [0.25, 0.3) is 5.91 Å². The maximum Gasteiger partial charge on any atom is 0.416 e. The molecule has 7 nitrogen and oxygen atoms in total. The summed E-state index contributed by atoms with van der Waals surface area (Å²) in [6.45, 7) is -0.868. The van der Waals surface area contributed by atoms with Gasteiger partial charge in [-0.15, -0.1) is 12.4 Å². The fourth-order valence-corrected chi connectivity index (χ4v) is 6.01. The fourth-order valence-electron chi connectivity index (χ4n) is 6.01. The molecule has 1 aliphatic heterocycles. The van der Waals surface area contributed by atoms with Crippen molar-refractivity contribution in [2.45, 2.75) is 81.9 Å². The maximum atomic E-state index is 13.6. The number of benzene rings is 2. The highest BCUT2D eigenvalue weighted by Crippen LogP contribution is 2.37. The Hall–Kier alpha value is -3.32. The van der Waals surface area contributed by atoms with Crippen molar-refractivity contribution in [3.63, 3.8) is 0 Å². The second-order valence-corrected chi connectivity index (χ2v) is 11.4. The van der Waals surface area contributed by atoms with E-state index >= 15 is 0 Å². The van der Waals surface area contributed by atoms with E-state index in [4.69, 9.17) is 4.74 Å². The van der Waals surface area contributed by atoms with Gasteiger partial charge in [0.15, 0.2) is 0 Å².